The van der Waals surface area contributed by atoms with Crippen LogP contribution in [0.1, 0.15) is 11.1 Å². The average molecular weight is 252 g/mol. The van der Waals surface area contributed by atoms with Crippen LogP contribution in [0.2, 0.25) is 0 Å². The molecular weight excluding hydrogens is 241 g/mol. The molecule has 0 amide bonds. The van der Waals surface area contributed by atoms with Gasteiger partial charge in [-0.05, 0) is 23.8 Å². The maximum Gasteiger partial charge on any atom is 0.416 e. The Kier molecular flexibility index (Phi) is 3.34. The molecule has 0 saturated carbocycles. The van der Waals surface area contributed by atoms with Crippen LogP contribution in [0.5, 0.6) is 0 Å². The third-order valence-corrected chi connectivity index (χ3v) is 2.57. The number of rotatable bonds is 2. The number of nitrogens with zero attached hydrogens (tertiary/aromatic N) is 1. The first-order valence-corrected chi connectivity index (χ1v) is 5.33. The Bertz CT molecular complexity index is 515. The Morgan fingerprint density at radius 2 is 1.67 bits per heavy atom. The van der Waals surface area contributed by atoms with E-state index in [0.29, 0.717) is 17.8 Å². The van der Waals surface area contributed by atoms with Gasteiger partial charge in [0, 0.05) is 18.3 Å². The van der Waals surface area contributed by atoms with E-state index in [1.54, 1.807) is 18.3 Å². The van der Waals surface area contributed by atoms with E-state index in [1.807, 2.05) is 0 Å². The molecule has 2 aromatic rings. The van der Waals surface area contributed by atoms with Crippen molar-refractivity contribution in [2.45, 2.75) is 12.7 Å². The first-order valence-electron chi connectivity index (χ1n) is 5.33. The summed E-state index contributed by atoms with van der Waals surface area (Å²) in [6.45, 7) is 0.389. The Morgan fingerprint density at radius 1 is 1.00 bits per heavy atom. The number of hydrogen-bond acceptors (Lipinski definition) is 2. The molecule has 0 aliphatic heterocycles. The normalized spacial score (nSPS) is 11.6. The van der Waals surface area contributed by atoms with Gasteiger partial charge in [-0.25, -0.2) is 0 Å². The van der Waals surface area contributed by atoms with Crippen LogP contribution < -0.4 is 5.73 Å². The van der Waals surface area contributed by atoms with Gasteiger partial charge in [0.2, 0.25) is 0 Å². The first kappa shape index (κ1) is 12.6. The van der Waals surface area contributed by atoms with E-state index in [0.717, 1.165) is 17.7 Å². The summed E-state index contributed by atoms with van der Waals surface area (Å²) in [7, 11) is 0. The van der Waals surface area contributed by atoms with E-state index in [2.05, 4.69) is 4.98 Å². The molecule has 2 N–H and O–H groups in total. The van der Waals surface area contributed by atoms with Crippen LogP contribution in [0, 0.1) is 0 Å². The molecule has 5 heteroatoms. The molecule has 2 nitrogen and oxygen atoms in total. The van der Waals surface area contributed by atoms with Crippen LogP contribution in [-0.4, -0.2) is 4.98 Å². The smallest absolute Gasteiger partial charge is 0.326 e. The van der Waals surface area contributed by atoms with E-state index in [-0.39, 0.29) is 0 Å². The number of hydrogen-bond donors (Lipinski definition) is 1. The van der Waals surface area contributed by atoms with Crippen LogP contribution in [0.15, 0.2) is 42.6 Å². The molecule has 0 radical (unpaired) electrons. The highest BCUT2D eigenvalue weighted by atomic mass is 19.4. The van der Waals surface area contributed by atoms with Crippen molar-refractivity contribution in [1.82, 2.24) is 4.98 Å². The Labute approximate surface area is 102 Å². The number of aromatic nitrogens is 1. The molecule has 94 valence electrons. The van der Waals surface area contributed by atoms with Crippen LogP contribution in [0.25, 0.3) is 11.3 Å². The van der Waals surface area contributed by atoms with E-state index >= 15 is 0 Å². The highest BCUT2D eigenvalue weighted by Gasteiger charge is 2.29. The van der Waals surface area contributed by atoms with Gasteiger partial charge >= 0.3 is 6.18 Å². The van der Waals surface area contributed by atoms with Gasteiger partial charge < -0.3 is 5.73 Å². The van der Waals surface area contributed by atoms with Crippen molar-refractivity contribution in [2.75, 3.05) is 0 Å². The Morgan fingerprint density at radius 3 is 2.11 bits per heavy atom. The van der Waals surface area contributed by atoms with Crippen molar-refractivity contribution in [3.05, 3.63) is 53.7 Å². The summed E-state index contributed by atoms with van der Waals surface area (Å²) in [6.07, 6.45) is -2.69. The lowest BCUT2D eigenvalue weighted by Gasteiger charge is -2.07. The molecule has 2 rings (SSSR count). The molecule has 0 aliphatic carbocycles. The maximum absolute atomic E-state index is 12.4. The monoisotopic (exact) mass is 252 g/mol. The zero-order valence-electron chi connectivity index (χ0n) is 9.41. The van der Waals surface area contributed by atoms with Gasteiger partial charge in [0.05, 0.1) is 11.3 Å². The largest absolute Gasteiger partial charge is 0.416 e. The first-order chi connectivity index (χ1) is 8.50. The van der Waals surface area contributed by atoms with Crippen LogP contribution in [0.4, 0.5) is 13.2 Å². The summed E-state index contributed by atoms with van der Waals surface area (Å²) >= 11 is 0. The second-order valence-electron chi connectivity index (χ2n) is 3.83. The fourth-order valence-electron chi connectivity index (χ4n) is 1.55. The number of halogens is 3. The molecule has 0 aliphatic rings. The topological polar surface area (TPSA) is 38.9 Å². The molecular formula is C13H11F3N2. The molecule has 0 saturated heterocycles. The lowest BCUT2D eigenvalue weighted by Crippen LogP contribution is -2.04. The zero-order valence-corrected chi connectivity index (χ0v) is 9.41. The summed E-state index contributed by atoms with van der Waals surface area (Å²) in [5.74, 6) is 0. The van der Waals surface area contributed by atoms with Crippen molar-refractivity contribution < 1.29 is 13.2 Å². The van der Waals surface area contributed by atoms with Crippen molar-refractivity contribution in [1.29, 1.82) is 0 Å². The highest BCUT2D eigenvalue weighted by molar-refractivity contribution is 5.59. The SMILES string of the molecule is NCc1ccc(-c2ccc(C(F)(F)F)cc2)nc1. The highest BCUT2D eigenvalue weighted by Crippen LogP contribution is 2.30. The van der Waals surface area contributed by atoms with E-state index in [1.165, 1.54) is 12.1 Å². The molecule has 1 aromatic carbocycles. The van der Waals surface area contributed by atoms with Gasteiger partial charge in [-0.2, -0.15) is 13.2 Å². The van der Waals surface area contributed by atoms with E-state index in [4.69, 9.17) is 5.73 Å². The number of pyridine rings is 1. The van der Waals surface area contributed by atoms with Crippen LogP contribution in [0.3, 0.4) is 0 Å². The molecule has 1 aromatic heterocycles. The molecule has 18 heavy (non-hydrogen) atoms. The third kappa shape index (κ3) is 2.68. The van der Waals surface area contributed by atoms with Crippen LogP contribution >= 0.6 is 0 Å². The Balaban J connectivity index is 2.28. The van der Waals surface area contributed by atoms with Gasteiger partial charge in [-0.15, -0.1) is 0 Å². The molecule has 0 spiro atoms. The predicted octanol–water partition coefficient (Wildman–Crippen LogP) is 3.23. The van der Waals surface area contributed by atoms with Gasteiger partial charge in [0.15, 0.2) is 0 Å². The fourth-order valence-corrected chi connectivity index (χ4v) is 1.55. The van der Waals surface area contributed by atoms with E-state index < -0.39 is 11.7 Å². The van der Waals surface area contributed by atoms with Crippen molar-refractivity contribution in [2.24, 2.45) is 5.73 Å². The minimum atomic E-state index is -4.31. The molecule has 0 bridgehead atoms. The second kappa shape index (κ2) is 4.78. The minimum Gasteiger partial charge on any atom is -0.326 e. The van der Waals surface area contributed by atoms with Crippen LogP contribution in [-0.2, 0) is 12.7 Å². The minimum absolute atomic E-state index is 0.389. The fraction of sp³-hybridized carbons (Fsp3) is 0.154. The molecule has 0 unspecified atom stereocenters. The van der Waals surface area contributed by atoms with Crippen molar-refractivity contribution >= 4 is 0 Å². The molecule has 1 heterocycles. The Hall–Kier alpha value is -1.88. The van der Waals surface area contributed by atoms with Gasteiger partial charge in [-0.3, -0.25) is 4.98 Å². The number of benzene rings is 1. The number of nitrogens with two attached hydrogens (primary N) is 1. The summed E-state index contributed by atoms with van der Waals surface area (Å²) in [6, 6.07) is 8.47. The van der Waals surface area contributed by atoms with Gasteiger partial charge in [0.1, 0.15) is 0 Å². The van der Waals surface area contributed by atoms with E-state index in [9.17, 15) is 13.2 Å². The quantitative estimate of drug-likeness (QED) is 0.891. The summed E-state index contributed by atoms with van der Waals surface area (Å²) < 4.78 is 37.2. The molecule has 0 atom stereocenters. The van der Waals surface area contributed by atoms with Crippen molar-refractivity contribution in [3.63, 3.8) is 0 Å². The predicted molar refractivity (Wildman–Crippen MR) is 62.6 cm³/mol. The zero-order chi connectivity index (χ0) is 13.2. The molecule has 0 fully saturated rings. The third-order valence-electron chi connectivity index (χ3n) is 2.57. The maximum atomic E-state index is 12.4. The standard InChI is InChI=1S/C13H11F3N2/c14-13(15,16)11-4-2-10(3-5-11)12-6-1-9(7-17)8-18-12/h1-6,8H,7,17H2. The van der Waals surface area contributed by atoms with Crippen molar-refractivity contribution in [3.8, 4) is 11.3 Å². The summed E-state index contributed by atoms with van der Waals surface area (Å²) in [5.41, 5.74) is 6.93. The van der Waals surface area contributed by atoms with Gasteiger partial charge in [0.25, 0.3) is 0 Å². The van der Waals surface area contributed by atoms with Gasteiger partial charge in [-0.1, -0.05) is 18.2 Å². The lowest BCUT2D eigenvalue weighted by atomic mass is 10.1. The second-order valence-corrected chi connectivity index (χ2v) is 3.83. The number of alkyl halides is 3. The summed E-state index contributed by atoms with van der Waals surface area (Å²) in [5, 5.41) is 0. The lowest BCUT2D eigenvalue weighted by molar-refractivity contribution is -0.137. The summed E-state index contributed by atoms with van der Waals surface area (Å²) in [4.78, 5) is 4.15. The average Bonchev–Trinajstić information content (AvgIpc) is 2.38.